The summed E-state index contributed by atoms with van der Waals surface area (Å²) in [7, 11) is 1.36. The molecule has 0 saturated heterocycles. The summed E-state index contributed by atoms with van der Waals surface area (Å²) in [5.41, 5.74) is 2.76. The first-order valence-corrected chi connectivity index (χ1v) is 4.12. The molecule has 5 heteroatoms. The number of carbonyl (C=O) groups is 1. The maximum Gasteiger partial charge on any atom is 0.338 e. The molecule has 5 nitrogen and oxygen atoms in total. The Bertz CT molecular complexity index is 490. The Morgan fingerprint density at radius 2 is 2.00 bits per heavy atom. The molecule has 1 aromatic heterocycles. The van der Waals surface area contributed by atoms with Crippen LogP contribution in [0.3, 0.4) is 0 Å². The van der Waals surface area contributed by atoms with E-state index in [2.05, 4.69) is 20.1 Å². The zero-order valence-electron chi connectivity index (χ0n) is 7.87. The summed E-state index contributed by atoms with van der Waals surface area (Å²) in [4.78, 5) is 11.3. The van der Waals surface area contributed by atoms with Gasteiger partial charge >= 0.3 is 5.97 Å². The van der Waals surface area contributed by atoms with Gasteiger partial charge in [-0.25, -0.2) is 4.79 Å². The third-order valence-corrected chi connectivity index (χ3v) is 2.07. The lowest BCUT2D eigenvalue weighted by Gasteiger charge is -2.02. The molecular formula is C9H9N3O2. The van der Waals surface area contributed by atoms with Crippen molar-refractivity contribution in [1.29, 1.82) is 0 Å². The molecule has 0 amide bonds. The second-order valence-electron chi connectivity index (χ2n) is 2.97. The lowest BCUT2D eigenvalue weighted by molar-refractivity contribution is 0.0600. The van der Waals surface area contributed by atoms with Gasteiger partial charge in [-0.05, 0) is 24.6 Å². The zero-order chi connectivity index (χ0) is 10.1. The minimum Gasteiger partial charge on any atom is -0.465 e. The molecule has 0 radical (unpaired) electrons. The van der Waals surface area contributed by atoms with Crippen LogP contribution in [0.5, 0.6) is 0 Å². The van der Waals surface area contributed by atoms with Crippen LogP contribution < -0.4 is 0 Å². The second kappa shape index (κ2) is 3.10. The minimum absolute atomic E-state index is 0.354. The van der Waals surface area contributed by atoms with Crippen molar-refractivity contribution >= 4 is 17.0 Å². The SMILES string of the molecule is COC(=O)c1cc2n[nH]nc2cc1C. The number of carbonyl (C=O) groups excluding carboxylic acids is 1. The lowest BCUT2D eigenvalue weighted by Crippen LogP contribution is -2.03. The van der Waals surface area contributed by atoms with Crippen LogP contribution in [-0.4, -0.2) is 28.5 Å². The number of hydrogen-bond acceptors (Lipinski definition) is 4. The Balaban J connectivity index is 2.64. The monoisotopic (exact) mass is 191 g/mol. The molecule has 2 aromatic rings. The molecule has 0 spiro atoms. The van der Waals surface area contributed by atoms with E-state index in [1.165, 1.54) is 7.11 Å². The summed E-state index contributed by atoms with van der Waals surface area (Å²) in [6, 6.07) is 3.46. The first kappa shape index (κ1) is 8.68. The molecule has 0 fully saturated rings. The van der Waals surface area contributed by atoms with Crippen LogP contribution >= 0.6 is 0 Å². The van der Waals surface area contributed by atoms with Gasteiger partial charge in [0, 0.05) is 0 Å². The molecule has 1 N–H and O–H groups in total. The van der Waals surface area contributed by atoms with Gasteiger partial charge in [0.05, 0.1) is 12.7 Å². The number of nitrogens with zero attached hydrogens (tertiary/aromatic N) is 2. The van der Waals surface area contributed by atoms with Crippen molar-refractivity contribution in [3.63, 3.8) is 0 Å². The van der Waals surface area contributed by atoms with Crippen molar-refractivity contribution in [2.24, 2.45) is 0 Å². The first-order chi connectivity index (χ1) is 6.72. The van der Waals surface area contributed by atoms with Crippen LogP contribution in [-0.2, 0) is 4.74 Å². The minimum atomic E-state index is -0.354. The summed E-state index contributed by atoms with van der Waals surface area (Å²) < 4.78 is 4.65. The van der Waals surface area contributed by atoms with Gasteiger partial charge in [-0.3, -0.25) is 0 Å². The Labute approximate surface area is 80.1 Å². The fraction of sp³-hybridized carbons (Fsp3) is 0.222. The van der Waals surface area contributed by atoms with E-state index < -0.39 is 0 Å². The van der Waals surface area contributed by atoms with E-state index >= 15 is 0 Å². The number of rotatable bonds is 1. The van der Waals surface area contributed by atoms with Crippen molar-refractivity contribution < 1.29 is 9.53 Å². The number of esters is 1. The number of hydrogen-bond donors (Lipinski definition) is 1. The Hall–Kier alpha value is -1.91. The number of nitrogens with one attached hydrogen (secondary N) is 1. The summed E-state index contributed by atoms with van der Waals surface area (Å²) in [5.74, 6) is -0.354. The Kier molecular flexibility index (Phi) is 1.92. The van der Waals surface area contributed by atoms with Gasteiger partial charge in [0.2, 0.25) is 0 Å². The molecule has 0 aliphatic carbocycles. The van der Waals surface area contributed by atoms with Gasteiger partial charge in [0.25, 0.3) is 0 Å². The van der Waals surface area contributed by atoms with Crippen LogP contribution in [0.15, 0.2) is 12.1 Å². The highest BCUT2D eigenvalue weighted by Gasteiger charge is 2.11. The molecular weight excluding hydrogens is 182 g/mol. The zero-order valence-corrected chi connectivity index (χ0v) is 7.87. The van der Waals surface area contributed by atoms with Crippen LogP contribution in [0.1, 0.15) is 15.9 Å². The largest absolute Gasteiger partial charge is 0.465 e. The number of benzene rings is 1. The van der Waals surface area contributed by atoms with E-state index in [0.717, 1.165) is 11.1 Å². The van der Waals surface area contributed by atoms with E-state index in [-0.39, 0.29) is 5.97 Å². The quantitative estimate of drug-likeness (QED) is 0.684. The average Bonchev–Trinajstić information content (AvgIpc) is 2.62. The van der Waals surface area contributed by atoms with E-state index in [9.17, 15) is 4.79 Å². The summed E-state index contributed by atoms with van der Waals surface area (Å²) >= 11 is 0. The molecule has 2 rings (SSSR count). The molecule has 1 heterocycles. The first-order valence-electron chi connectivity index (χ1n) is 4.12. The van der Waals surface area contributed by atoms with Crippen LogP contribution in [0, 0.1) is 6.92 Å². The molecule has 0 atom stereocenters. The van der Waals surface area contributed by atoms with Gasteiger partial charge < -0.3 is 4.74 Å². The van der Waals surface area contributed by atoms with Crippen molar-refractivity contribution in [1.82, 2.24) is 15.4 Å². The fourth-order valence-corrected chi connectivity index (χ4v) is 1.32. The van der Waals surface area contributed by atoms with Gasteiger partial charge in [-0.2, -0.15) is 15.4 Å². The predicted molar refractivity (Wildman–Crippen MR) is 50.0 cm³/mol. The second-order valence-corrected chi connectivity index (χ2v) is 2.97. The Morgan fingerprint density at radius 3 is 2.64 bits per heavy atom. The topological polar surface area (TPSA) is 67.9 Å². The van der Waals surface area contributed by atoms with Crippen LogP contribution in [0.4, 0.5) is 0 Å². The highest BCUT2D eigenvalue weighted by atomic mass is 16.5. The number of aryl methyl sites for hydroxylation is 1. The van der Waals surface area contributed by atoms with Gasteiger partial charge in [-0.15, -0.1) is 0 Å². The van der Waals surface area contributed by atoms with Crippen molar-refractivity contribution in [2.45, 2.75) is 6.92 Å². The summed E-state index contributed by atoms with van der Waals surface area (Å²) in [6.45, 7) is 1.83. The van der Waals surface area contributed by atoms with E-state index in [0.29, 0.717) is 11.1 Å². The smallest absolute Gasteiger partial charge is 0.338 e. The molecule has 72 valence electrons. The van der Waals surface area contributed by atoms with Crippen LogP contribution in [0.25, 0.3) is 11.0 Å². The standard InChI is InChI=1S/C9H9N3O2/c1-5-3-7-8(11-12-10-7)4-6(5)9(13)14-2/h3-4H,1-2H3,(H,10,11,12). The highest BCUT2D eigenvalue weighted by Crippen LogP contribution is 2.16. The summed E-state index contributed by atoms with van der Waals surface area (Å²) in [5, 5.41) is 10.3. The molecule has 0 unspecified atom stereocenters. The molecule has 0 aliphatic rings. The van der Waals surface area contributed by atoms with E-state index in [1.807, 2.05) is 6.92 Å². The normalized spacial score (nSPS) is 10.4. The Morgan fingerprint density at radius 1 is 1.36 bits per heavy atom. The lowest BCUT2D eigenvalue weighted by atomic mass is 10.1. The number of fused-ring (bicyclic) bond motifs is 1. The van der Waals surface area contributed by atoms with Gasteiger partial charge in [0.1, 0.15) is 11.0 Å². The number of H-pyrrole nitrogens is 1. The average molecular weight is 191 g/mol. The van der Waals surface area contributed by atoms with Crippen molar-refractivity contribution in [3.8, 4) is 0 Å². The maximum atomic E-state index is 11.3. The van der Waals surface area contributed by atoms with Crippen LogP contribution in [0.2, 0.25) is 0 Å². The van der Waals surface area contributed by atoms with Gasteiger partial charge in [0.15, 0.2) is 0 Å². The fourth-order valence-electron chi connectivity index (χ4n) is 1.32. The third kappa shape index (κ3) is 1.22. The van der Waals surface area contributed by atoms with Crippen molar-refractivity contribution in [2.75, 3.05) is 7.11 Å². The van der Waals surface area contributed by atoms with Crippen molar-refractivity contribution in [3.05, 3.63) is 23.3 Å². The third-order valence-electron chi connectivity index (χ3n) is 2.07. The molecule has 1 aromatic carbocycles. The number of aromatic nitrogens is 3. The molecule has 0 aliphatic heterocycles. The molecule has 0 bridgehead atoms. The van der Waals surface area contributed by atoms with E-state index in [4.69, 9.17) is 0 Å². The number of aromatic amines is 1. The highest BCUT2D eigenvalue weighted by molar-refractivity contribution is 5.95. The maximum absolute atomic E-state index is 11.3. The molecule has 0 saturated carbocycles. The number of ether oxygens (including phenoxy) is 1. The summed E-state index contributed by atoms with van der Waals surface area (Å²) in [6.07, 6.45) is 0. The molecule has 14 heavy (non-hydrogen) atoms. The van der Waals surface area contributed by atoms with E-state index in [1.54, 1.807) is 12.1 Å². The van der Waals surface area contributed by atoms with Gasteiger partial charge in [-0.1, -0.05) is 0 Å². The predicted octanol–water partition coefficient (Wildman–Crippen LogP) is 1.05. The number of methoxy groups -OCH3 is 1.